The third kappa shape index (κ3) is 2.21. The molecule has 0 heterocycles. The third-order valence-electron chi connectivity index (χ3n) is 4.86. The monoisotopic (exact) mass is 316 g/mol. The zero-order valence-electron chi connectivity index (χ0n) is 11.7. The van der Waals surface area contributed by atoms with Gasteiger partial charge in [0.25, 0.3) is 0 Å². The SMILES string of the molecule is CCC1(C)C(C(=O)O)C1C(=O)C1=CC=C(Cl)C(Cl)C1C. The maximum Gasteiger partial charge on any atom is 0.307 e. The molecule has 3 nitrogen and oxygen atoms in total. The first-order valence-corrected chi connectivity index (χ1v) is 7.55. The summed E-state index contributed by atoms with van der Waals surface area (Å²) in [7, 11) is 0. The molecule has 0 aromatic rings. The van der Waals surface area contributed by atoms with Crippen LogP contribution in [0.1, 0.15) is 27.2 Å². The summed E-state index contributed by atoms with van der Waals surface area (Å²) in [6.45, 7) is 5.63. The Morgan fingerprint density at radius 2 is 1.95 bits per heavy atom. The van der Waals surface area contributed by atoms with E-state index in [0.29, 0.717) is 17.0 Å². The van der Waals surface area contributed by atoms with Gasteiger partial charge < -0.3 is 5.11 Å². The highest BCUT2D eigenvalue weighted by Crippen LogP contribution is 2.62. The Bertz CT molecular complexity index is 523. The lowest BCUT2D eigenvalue weighted by Gasteiger charge is -2.23. The molecule has 0 aromatic heterocycles. The summed E-state index contributed by atoms with van der Waals surface area (Å²) in [5, 5.41) is 9.36. The molecule has 20 heavy (non-hydrogen) atoms. The summed E-state index contributed by atoms with van der Waals surface area (Å²) in [6, 6.07) is 0. The van der Waals surface area contributed by atoms with Gasteiger partial charge in [-0.15, -0.1) is 11.6 Å². The smallest absolute Gasteiger partial charge is 0.307 e. The molecule has 1 N–H and O–H groups in total. The minimum absolute atomic E-state index is 0.0969. The van der Waals surface area contributed by atoms with Gasteiger partial charge in [0.15, 0.2) is 5.78 Å². The van der Waals surface area contributed by atoms with Gasteiger partial charge in [-0.05, 0) is 17.9 Å². The predicted octanol–water partition coefficient (Wildman–Crippen LogP) is 3.61. The van der Waals surface area contributed by atoms with Crippen LogP contribution in [0.25, 0.3) is 0 Å². The van der Waals surface area contributed by atoms with Crippen molar-refractivity contribution in [1.29, 1.82) is 0 Å². The number of carbonyl (C=O) groups excluding carboxylic acids is 1. The Labute approximate surface area is 128 Å². The standard InChI is InChI=1S/C15H18Cl2O3/c1-4-15(3)10(11(15)14(19)20)13(18)8-5-6-9(16)12(17)7(8)2/h5-7,10-12H,4H2,1-3H3,(H,19,20). The van der Waals surface area contributed by atoms with Crippen LogP contribution in [0.5, 0.6) is 0 Å². The summed E-state index contributed by atoms with van der Waals surface area (Å²) in [5.41, 5.74) is 0.138. The highest BCUT2D eigenvalue weighted by Gasteiger charge is 2.67. The number of hydrogen-bond acceptors (Lipinski definition) is 2. The number of carbonyl (C=O) groups is 2. The average molecular weight is 317 g/mol. The minimum atomic E-state index is -0.896. The van der Waals surface area contributed by atoms with Crippen LogP contribution >= 0.6 is 23.2 Å². The molecular formula is C15H18Cl2O3. The Kier molecular flexibility index (Phi) is 4.05. The van der Waals surface area contributed by atoms with Crippen molar-refractivity contribution in [3.05, 3.63) is 22.8 Å². The van der Waals surface area contributed by atoms with Gasteiger partial charge in [-0.25, -0.2) is 0 Å². The molecule has 110 valence electrons. The van der Waals surface area contributed by atoms with Gasteiger partial charge in [-0.2, -0.15) is 0 Å². The van der Waals surface area contributed by atoms with Gasteiger partial charge >= 0.3 is 5.97 Å². The number of rotatable bonds is 4. The quantitative estimate of drug-likeness (QED) is 0.806. The molecule has 0 aliphatic heterocycles. The molecule has 5 unspecified atom stereocenters. The van der Waals surface area contributed by atoms with Crippen LogP contribution in [-0.2, 0) is 9.59 Å². The van der Waals surface area contributed by atoms with Crippen LogP contribution in [0.4, 0.5) is 0 Å². The molecule has 2 aliphatic rings. The number of hydrogen-bond donors (Lipinski definition) is 1. The number of carboxylic acid groups (broad SMARTS) is 1. The fourth-order valence-corrected chi connectivity index (χ4v) is 3.64. The second-order valence-corrected chi connectivity index (χ2v) is 6.79. The van der Waals surface area contributed by atoms with E-state index >= 15 is 0 Å². The van der Waals surface area contributed by atoms with Gasteiger partial charge in [-0.1, -0.05) is 38.4 Å². The molecule has 2 rings (SSSR count). The predicted molar refractivity (Wildman–Crippen MR) is 78.8 cm³/mol. The Hall–Kier alpha value is -0.800. The van der Waals surface area contributed by atoms with Crippen LogP contribution in [0.15, 0.2) is 22.8 Å². The van der Waals surface area contributed by atoms with E-state index in [1.54, 1.807) is 12.2 Å². The number of aliphatic carboxylic acids is 1. The fraction of sp³-hybridized carbons (Fsp3) is 0.600. The topological polar surface area (TPSA) is 54.4 Å². The number of halogens is 2. The largest absolute Gasteiger partial charge is 0.481 e. The van der Waals surface area contributed by atoms with Crippen LogP contribution in [-0.4, -0.2) is 22.2 Å². The molecule has 0 spiro atoms. The fourth-order valence-electron chi connectivity index (χ4n) is 3.18. The molecule has 0 aromatic carbocycles. The van der Waals surface area contributed by atoms with E-state index in [0.717, 1.165) is 0 Å². The zero-order valence-corrected chi connectivity index (χ0v) is 13.2. The molecule has 0 saturated heterocycles. The molecule has 1 fully saturated rings. The van der Waals surface area contributed by atoms with Crippen LogP contribution in [0, 0.1) is 23.2 Å². The third-order valence-corrected chi connectivity index (χ3v) is 5.94. The normalized spacial score (nSPS) is 39.9. The van der Waals surface area contributed by atoms with Crippen LogP contribution in [0.2, 0.25) is 0 Å². The summed E-state index contributed by atoms with van der Waals surface area (Å²) >= 11 is 12.1. The van der Waals surface area contributed by atoms with E-state index in [4.69, 9.17) is 23.2 Å². The number of Topliss-reactive ketones (excluding diaryl/α,β-unsaturated/α-hetero) is 1. The Balaban J connectivity index is 2.28. The summed E-state index contributed by atoms with van der Waals surface area (Å²) < 4.78 is 0. The Morgan fingerprint density at radius 1 is 1.35 bits per heavy atom. The second-order valence-electron chi connectivity index (χ2n) is 5.88. The molecule has 0 bridgehead atoms. The van der Waals surface area contributed by atoms with Crippen molar-refractivity contribution in [3.63, 3.8) is 0 Å². The summed E-state index contributed by atoms with van der Waals surface area (Å²) in [6.07, 6.45) is 3.98. The Morgan fingerprint density at radius 3 is 2.40 bits per heavy atom. The van der Waals surface area contributed by atoms with Gasteiger partial charge in [0.05, 0.1) is 11.3 Å². The van der Waals surface area contributed by atoms with Crippen molar-refractivity contribution in [2.45, 2.75) is 32.6 Å². The lowest BCUT2D eigenvalue weighted by atomic mass is 9.86. The van der Waals surface area contributed by atoms with Crippen molar-refractivity contribution in [1.82, 2.24) is 0 Å². The van der Waals surface area contributed by atoms with Gasteiger partial charge in [0.1, 0.15) is 0 Å². The molecule has 0 amide bonds. The first-order chi connectivity index (χ1) is 9.25. The van der Waals surface area contributed by atoms with Crippen LogP contribution < -0.4 is 0 Å². The van der Waals surface area contributed by atoms with E-state index < -0.39 is 28.6 Å². The highest BCUT2D eigenvalue weighted by atomic mass is 35.5. The zero-order chi connectivity index (χ0) is 15.2. The lowest BCUT2D eigenvalue weighted by molar-refractivity contribution is -0.140. The van der Waals surface area contributed by atoms with Crippen LogP contribution in [0.3, 0.4) is 0 Å². The van der Waals surface area contributed by atoms with Crippen molar-refractivity contribution in [3.8, 4) is 0 Å². The van der Waals surface area contributed by atoms with Gasteiger partial charge in [0.2, 0.25) is 0 Å². The summed E-state index contributed by atoms with van der Waals surface area (Å²) in [4.78, 5) is 24.0. The summed E-state index contributed by atoms with van der Waals surface area (Å²) in [5.74, 6) is -2.23. The number of carboxylic acids is 1. The first kappa shape index (κ1) is 15.6. The molecular weight excluding hydrogens is 299 g/mol. The second kappa shape index (κ2) is 5.19. The van der Waals surface area contributed by atoms with E-state index in [9.17, 15) is 14.7 Å². The molecule has 5 atom stereocenters. The van der Waals surface area contributed by atoms with Gasteiger partial charge in [-0.3, -0.25) is 9.59 Å². The number of alkyl halides is 1. The van der Waals surface area contributed by atoms with Crippen molar-refractivity contribution >= 4 is 35.0 Å². The molecule has 5 heteroatoms. The number of ketones is 1. The van der Waals surface area contributed by atoms with E-state index in [1.165, 1.54) is 0 Å². The van der Waals surface area contributed by atoms with E-state index in [-0.39, 0.29) is 11.7 Å². The lowest BCUT2D eigenvalue weighted by Crippen LogP contribution is -2.24. The first-order valence-electron chi connectivity index (χ1n) is 6.74. The van der Waals surface area contributed by atoms with E-state index in [1.807, 2.05) is 20.8 Å². The van der Waals surface area contributed by atoms with Crippen molar-refractivity contribution < 1.29 is 14.7 Å². The maximum absolute atomic E-state index is 12.6. The van der Waals surface area contributed by atoms with Crippen molar-refractivity contribution in [2.24, 2.45) is 23.2 Å². The maximum atomic E-state index is 12.6. The highest BCUT2D eigenvalue weighted by molar-refractivity contribution is 6.38. The van der Waals surface area contributed by atoms with Gasteiger partial charge in [0, 0.05) is 22.4 Å². The minimum Gasteiger partial charge on any atom is -0.481 e. The molecule has 1 saturated carbocycles. The van der Waals surface area contributed by atoms with Crippen molar-refractivity contribution in [2.75, 3.05) is 0 Å². The number of allylic oxidation sites excluding steroid dienone is 4. The molecule has 2 aliphatic carbocycles. The molecule has 0 radical (unpaired) electrons. The average Bonchev–Trinajstić information content (AvgIpc) is 3.03. The van der Waals surface area contributed by atoms with E-state index in [2.05, 4.69) is 0 Å².